The first-order chi connectivity index (χ1) is 17.0. The summed E-state index contributed by atoms with van der Waals surface area (Å²) in [5, 5.41) is 10.3. The fourth-order valence-electron chi connectivity index (χ4n) is 3.36. The minimum atomic E-state index is -4.50. The fraction of sp³-hybridized carbons (Fsp3) is 0.227. The first-order valence-electron chi connectivity index (χ1n) is 10.2. The van der Waals surface area contributed by atoms with Gasteiger partial charge in [0.2, 0.25) is 0 Å². The monoisotopic (exact) mass is 512 g/mol. The van der Waals surface area contributed by atoms with E-state index in [1.165, 1.54) is 24.3 Å². The van der Waals surface area contributed by atoms with Crippen LogP contribution >= 0.6 is 0 Å². The summed E-state index contributed by atoms with van der Waals surface area (Å²) in [6, 6.07) is 7.59. The summed E-state index contributed by atoms with van der Waals surface area (Å²) in [5.41, 5.74) is -0.733. The van der Waals surface area contributed by atoms with Gasteiger partial charge in [-0.1, -0.05) is 6.07 Å². The molecule has 0 saturated carbocycles. The lowest BCUT2D eigenvalue weighted by Gasteiger charge is -2.26. The maximum absolute atomic E-state index is 15.6. The minimum absolute atomic E-state index is 0.0426. The Balaban J connectivity index is 1.59. The van der Waals surface area contributed by atoms with E-state index < -0.39 is 54.1 Å². The summed E-state index contributed by atoms with van der Waals surface area (Å²) < 4.78 is 101. The maximum atomic E-state index is 15.6. The lowest BCUT2D eigenvalue weighted by Crippen LogP contribution is -2.30. The molecule has 0 saturated heterocycles. The molecule has 1 unspecified atom stereocenters. The van der Waals surface area contributed by atoms with Crippen LogP contribution in [0.5, 0.6) is 5.75 Å². The molecule has 2 aromatic carbocycles. The van der Waals surface area contributed by atoms with Crippen molar-refractivity contribution in [1.82, 2.24) is 30.2 Å². The van der Waals surface area contributed by atoms with Gasteiger partial charge in [-0.3, -0.25) is 9.97 Å². The van der Waals surface area contributed by atoms with Crippen LogP contribution in [-0.4, -0.2) is 43.0 Å². The van der Waals surface area contributed by atoms with Crippen LogP contribution in [-0.2, 0) is 12.5 Å². The minimum Gasteiger partial charge on any atom is -0.484 e. The van der Waals surface area contributed by atoms with Gasteiger partial charge in [-0.15, -0.1) is 5.10 Å². The number of nitrogens with zero attached hydrogens (tertiary/aromatic N) is 6. The van der Waals surface area contributed by atoms with E-state index >= 15 is 8.78 Å². The van der Waals surface area contributed by atoms with Gasteiger partial charge in [-0.2, -0.15) is 22.0 Å². The highest BCUT2D eigenvalue weighted by Gasteiger charge is 2.45. The van der Waals surface area contributed by atoms with Crippen molar-refractivity contribution in [3.05, 3.63) is 84.1 Å². The Bertz CT molecular complexity index is 1300. The van der Waals surface area contributed by atoms with E-state index in [-0.39, 0.29) is 11.4 Å². The van der Waals surface area contributed by atoms with Gasteiger partial charge in [0.05, 0.1) is 30.6 Å². The smallest absolute Gasteiger partial charge is 0.422 e. The third-order valence-electron chi connectivity index (χ3n) is 5.08. The molecule has 2 aromatic heterocycles. The van der Waals surface area contributed by atoms with Crippen LogP contribution in [0.1, 0.15) is 17.2 Å². The number of hydrogen-bond donors (Lipinski definition) is 0. The zero-order chi connectivity index (χ0) is 25.9. The van der Waals surface area contributed by atoms with Gasteiger partial charge in [0.1, 0.15) is 29.4 Å². The average molecular weight is 512 g/mol. The van der Waals surface area contributed by atoms with Crippen LogP contribution in [0.15, 0.2) is 61.2 Å². The molecule has 0 N–H and O–H groups in total. The second-order valence-corrected chi connectivity index (χ2v) is 7.59. The normalized spacial score (nSPS) is 13.0. The van der Waals surface area contributed by atoms with Gasteiger partial charge in [0.25, 0.3) is 5.92 Å². The predicted octanol–water partition coefficient (Wildman–Crippen LogP) is 4.93. The van der Waals surface area contributed by atoms with Crippen molar-refractivity contribution in [1.29, 1.82) is 0 Å². The van der Waals surface area contributed by atoms with Gasteiger partial charge < -0.3 is 4.74 Å². The molecule has 0 aliphatic rings. The number of alkyl halides is 5. The zero-order valence-corrected chi connectivity index (χ0v) is 18.0. The van der Waals surface area contributed by atoms with E-state index in [4.69, 9.17) is 0 Å². The molecule has 0 amide bonds. The summed E-state index contributed by atoms with van der Waals surface area (Å²) in [7, 11) is 0. The Hall–Kier alpha value is -4.10. The molecule has 2 heterocycles. The summed E-state index contributed by atoms with van der Waals surface area (Å²) in [6.45, 7) is -2.01. The molecular formula is C22H15F7N6O. The molecule has 36 heavy (non-hydrogen) atoms. The van der Waals surface area contributed by atoms with Gasteiger partial charge in [-0.05, 0) is 46.3 Å². The SMILES string of the molecule is Fc1ccc(C(Cn2cnnn2)C(F)(F)c2cnc(-c3ccc(OCC(F)(F)F)cc3)cn2)c(F)c1. The second kappa shape index (κ2) is 9.87. The third kappa shape index (κ3) is 5.75. The van der Waals surface area contributed by atoms with E-state index in [9.17, 15) is 22.0 Å². The Kier molecular flexibility index (Phi) is 6.86. The quantitative estimate of drug-likeness (QED) is 0.312. The number of aromatic nitrogens is 6. The predicted molar refractivity (Wildman–Crippen MR) is 110 cm³/mol. The molecule has 4 rings (SSSR count). The van der Waals surface area contributed by atoms with Crippen LogP contribution in [0, 0.1) is 11.6 Å². The summed E-state index contributed by atoms with van der Waals surface area (Å²) in [6.07, 6.45) is -1.58. The topological polar surface area (TPSA) is 78.6 Å². The van der Waals surface area contributed by atoms with Crippen LogP contribution in [0.3, 0.4) is 0 Å². The van der Waals surface area contributed by atoms with E-state index in [1.54, 1.807) is 0 Å². The summed E-state index contributed by atoms with van der Waals surface area (Å²) in [5.74, 6) is -7.80. The van der Waals surface area contributed by atoms with Crippen molar-refractivity contribution in [2.75, 3.05) is 6.61 Å². The number of halogens is 7. The largest absolute Gasteiger partial charge is 0.484 e. The van der Waals surface area contributed by atoms with Gasteiger partial charge >= 0.3 is 6.18 Å². The zero-order valence-electron chi connectivity index (χ0n) is 18.0. The number of ether oxygens (including phenoxy) is 1. The number of rotatable bonds is 8. The molecule has 1 atom stereocenters. The molecule has 7 nitrogen and oxygen atoms in total. The molecule has 0 spiro atoms. The van der Waals surface area contributed by atoms with Crippen LogP contribution in [0.4, 0.5) is 30.7 Å². The maximum Gasteiger partial charge on any atom is 0.422 e. The standard InChI is InChI=1S/C22H15F7N6O/c23-14-3-6-16(18(24)7-14)17(10-35-12-32-33-34-35)22(28,29)20-9-30-19(8-31-20)13-1-4-15(5-2-13)36-11-21(25,26)27/h1-9,12,17H,10-11H2. The second-order valence-electron chi connectivity index (χ2n) is 7.59. The van der Waals surface area contributed by atoms with Gasteiger partial charge in [0, 0.05) is 11.6 Å². The number of tetrazole rings is 1. The number of hydrogen-bond acceptors (Lipinski definition) is 6. The molecule has 188 valence electrons. The highest BCUT2D eigenvalue weighted by Crippen LogP contribution is 2.43. The third-order valence-corrected chi connectivity index (χ3v) is 5.08. The lowest BCUT2D eigenvalue weighted by molar-refractivity contribution is -0.153. The first-order valence-corrected chi connectivity index (χ1v) is 10.2. The Morgan fingerprint density at radius 3 is 2.25 bits per heavy atom. The van der Waals surface area contributed by atoms with Gasteiger partial charge in [0.15, 0.2) is 6.61 Å². The summed E-state index contributed by atoms with van der Waals surface area (Å²) in [4.78, 5) is 7.77. The van der Waals surface area contributed by atoms with Crippen molar-refractivity contribution in [2.24, 2.45) is 0 Å². The fourth-order valence-corrected chi connectivity index (χ4v) is 3.36. The van der Waals surface area contributed by atoms with Crippen molar-refractivity contribution >= 4 is 0 Å². The summed E-state index contributed by atoms with van der Waals surface area (Å²) >= 11 is 0. The molecule has 0 radical (unpaired) electrons. The van der Waals surface area contributed by atoms with Crippen LogP contribution < -0.4 is 4.74 Å². The highest BCUT2D eigenvalue weighted by molar-refractivity contribution is 5.59. The molecule has 0 aliphatic carbocycles. The molecular weight excluding hydrogens is 497 g/mol. The van der Waals surface area contributed by atoms with Crippen molar-refractivity contribution in [3.63, 3.8) is 0 Å². The molecule has 0 bridgehead atoms. The average Bonchev–Trinajstić information content (AvgIpc) is 3.35. The van der Waals surface area contributed by atoms with E-state index in [0.29, 0.717) is 11.6 Å². The Morgan fingerprint density at radius 2 is 1.67 bits per heavy atom. The Morgan fingerprint density at radius 1 is 0.917 bits per heavy atom. The van der Waals surface area contributed by atoms with Crippen LogP contribution in [0.2, 0.25) is 0 Å². The Labute approximate surface area is 198 Å². The van der Waals surface area contributed by atoms with Crippen LogP contribution in [0.25, 0.3) is 11.3 Å². The van der Waals surface area contributed by atoms with Crippen molar-refractivity contribution < 1.29 is 35.5 Å². The first kappa shape index (κ1) is 25.0. The molecule has 0 aliphatic heterocycles. The van der Waals surface area contributed by atoms with E-state index in [1.807, 2.05) is 0 Å². The number of benzene rings is 2. The molecule has 14 heteroatoms. The van der Waals surface area contributed by atoms with E-state index in [2.05, 4.69) is 30.2 Å². The van der Waals surface area contributed by atoms with Gasteiger partial charge in [-0.25, -0.2) is 13.5 Å². The molecule has 4 aromatic rings. The van der Waals surface area contributed by atoms with Crippen molar-refractivity contribution in [2.45, 2.75) is 24.6 Å². The molecule has 0 fully saturated rings. The highest BCUT2D eigenvalue weighted by atomic mass is 19.4. The van der Waals surface area contributed by atoms with Crippen molar-refractivity contribution in [3.8, 4) is 17.0 Å². The lowest BCUT2D eigenvalue weighted by atomic mass is 9.90. The van der Waals surface area contributed by atoms with E-state index in [0.717, 1.165) is 35.5 Å².